The molecule has 2 aromatic carbocycles. The maximum absolute atomic E-state index is 10.2. The van der Waals surface area contributed by atoms with Crippen molar-refractivity contribution >= 4 is 0 Å². The Kier molecular flexibility index (Phi) is 8.33. The minimum absolute atomic E-state index is 0.357. The van der Waals surface area contributed by atoms with Gasteiger partial charge in [-0.1, -0.05) is 30.3 Å². The molecule has 0 amide bonds. The molecule has 5 nitrogen and oxygen atoms in total. The molecule has 2 rings (SSSR count). The van der Waals surface area contributed by atoms with Crippen LogP contribution >= 0.6 is 0 Å². The third-order valence-corrected chi connectivity index (χ3v) is 4.23. The van der Waals surface area contributed by atoms with Crippen molar-refractivity contribution in [3.05, 3.63) is 72.3 Å². The van der Waals surface area contributed by atoms with Gasteiger partial charge in [-0.15, -0.1) is 6.58 Å². The normalized spacial score (nSPS) is 14.2. The fraction of sp³-hybridized carbons (Fsp3) is 0.364. The van der Waals surface area contributed by atoms with Crippen LogP contribution in [0.4, 0.5) is 0 Å². The highest BCUT2D eigenvalue weighted by molar-refractivity contribution is 5.27. The number of hydrogen-bond acceptors (Lipinski definition) is 5. The first-order chi connectivity index (χ1) is 13.1. The van der Waals surface area contributed by atoms with Gasteiger partial charge in [0.15, 0.2) is 0 Å². The smallest absolute Gasteiger partial charge is 0.118 e. The number of benzene rings is 2. The number of aliphatic hydroxyl groups is 1. The van der Waals surface area contributed by atoms with Gasteiger partial charge in [0.05, 0.1) is 33.5 Å². The highest BCUT2D eigenvalue weighted by atomic mass is 16.5. The van der Waals surface area contributed by atoms with E-state index in [-0.39, 0.29) is 0 Å². The lowest BCUT2D eigenvalue weighted by Crippen LogP contribution is -2.38. The Morgan fingerprint density at radius 2 is 1.30 bits per heavy atom. The highest BCUT2D eigenvalue weighted by Gasteiger charge is 2.25. The van der Waals surface area contributed by atoms with Gasteiger partial charge in [-0.05, 0) is 42.3 Å². The molecule has 0 aromatic heterocycles. The molecular weight excluding hydrogens is 344 g/mol. The third kappa shape index (κ3) is 6.40. The van der Waals surface area contributed by atoms with Crippen LogP contribution in [-0.2, 0) is 22.7 Å². The zero-order chi connectivity index (χ0) is 19.6. The first-order valence-electron chi connectivity index (χ1n) is 8.87. The van der Waals surface area contributed by atoms with Crippen LogP contribution in [-0.4, -0.2) is 37.6 Å². The van der Waals surface area contributed by atoms with Crippen molar-refractivity contribution in [3.8, 4) is 11.5 Å². The molecule has 0 spiro atoms. The molecule has 1 N–H and O–H groups in total. The Morgan fingerprint density at radius 3 is 1.67 bits per heavy atom. The minimum atomic E-state index is -0.706. The second-order valence-electron chi connectivity index (χ2n) is 6.22. The molecular formula is C22H28O5. The van der Waals surface area contributed by atoms with Crippen LogP contribution in [0.25, 0.3) is 0 Å². The Morgan fingerprint density at radius 1 is 0.852 bits per heavy atom. The average Bonchev–Trinajstić information content (AvgIpc) is 2.71. The van der Waals surface area contributed by atoms with Crippen LogP contribution in [0.15, 0.2) is 61.2 Å². The van der Waals surface area contributed by atoms with Gasteiger partial charge >= 0.3 is 0 Å². The SMILES string of the molecule is C=C[C@H](OCc1ccc(OC)cc1)[C@@H](OCc1ccc(OC)cc1)[C@H](C)O. The molecule has 0 radical (unpaired) electrons. The summed E-state index contributed by atoms with van der Waals surface area (Å²) in [5, 5.41) is 10.2. The number of rotatable bonds is 11. The van der Waals surface area contributed by atoms with E-state index in [2.05, 4.69) is 6.58 Å². The molecule has 0 saturated heterocycles. The quantitative estimate of drug-likeness (QED) is 0.609. The summed E-state index contributed by atoms with van der Waals surface area (Å²) in [7, 11) is 3.26. The maximum atomic E-state index is 10.2. The molecule has 0 aliphatic carbocycles. The number of ether oxygens (including phenoxy) is 4. The second-order valence-corrected chi connectivity index (χ2v) is 6.22. The highest BCUT2D eigenvalue weighted by Crippen LogP contribution is 2.18. The lowest BCUT2D eigenvalue weighted by Gasteiger charge is -2.27. The van der Waals surface area contributed by atoms with E-state index >= 15 is 0 Å². The third-order valence-electron chi connectivity index (χ3n) is 4.23. The van der Waals surface area contributed by atoms with E-state index in [0.717, 1.165) is 22.6 Å². The van der Waals surface area contributed by atoms with E-state index < -0.39 is 18.3 Å². The van der Waals surface area contributed by atoms with E-state index in [9.17, 15) is 5.11 Å². The van der Waals surface area contributed by atoms with Crippen molar-refractivity contribution in [2.75, 3.05) is 14.2 Å². The van der Waals surface area contributed by atoms with Crippen molar-refractivity contribution in [3.63, 3.8) is 0 Å². The molecule has 0 unspecified atom stereocenters. The van der Waals surface area contributed by atoms with Crippen LogP contribution < -0.4 is 9.47 Å². The van der Waals surface area contributed by atoms with Crippen molar-refractivity contribution in [2.24, 2.45) is 0 Å². The summed E-state index contributed by atoms with van der Waals surface area (Å²) in [5.41, 5.74) is 1.99. The molecule has 0 aliphatic heterocycles. The summed E-state index contributed by atoms with van der Waals surface area (Å²) < 4.78 is 22.2. The van der Waals surface area contributed by atoms with Gasteiger partial charge in [-0.25, -0.2) is 0 Å². The van der Waals surface area contributed by atoms with Gasteiger partial charge in [0.25, 0.3) is 0 Å². The van der Waals surface area contributed by atoms with Crippen LogP contribution in [0.1, 0.15) is 18.1 Å². The van der Waals surface area contributed by atoms with Crippen molar-refractivity contribution in [1.29, 1.82) is 0 Å². The van der Waals surface area contributed by atoms with Gasteiger partial charge in [0.1, 0.15) is 23.7 Å². The van der Waals surface area contributed by atoms with E-state index in [0.29, 0.717) is 13.2 Å². The molecule has 0 aliphatic rings. The lowest BCUT2D eigenvalue weighted by molar-refractivity contribution is -0.111. The Labute approximate surface area is 161 Å². The molecule has 5 heteroatoms. The van der Waals surface area contributed by atoms with Crippen LogP contribution in [0, 0.1) is 0 Å². The fourth-order valence-electron chi connectivity index (χ4n) is 2.63. The standard InChI is InChI=1S/C22H28O5/c1-5-21(26-14-17-6-10-19(24-3)11-7-17)22(16(2)23)27-15-18-8-12-20(25-4)13-9-18/h5-13,16,21-23H,1,14-15H2,2-4H3/t16-,21-,22-/m0/s1. The topological polar surface area (TPSA) is 57.2 Å². The lowest BCUT2D eigenvalue weighted by atomic mass is 10.1. The van der Waals surface area contributed by atoms with Gasteiger partial charge < -0.3 is 24.1 Å². The van der Waals surface area contributed by atoms with Crippen molar-refractivity contribution < 1.29 is 24.1 Å². The second kappa shape index (κ2) is 10.7. The van der Waals surface area contributed by atoms with Gasteiger partial charge in [0, 0.05) is 0 Å². The number of aliphatic hydroxyl groups excluding tert-OH is 1. The first-order valence-corrected chi connectivity index (χ1v) is 8.87. The largest absolute Gasteiger partial charge is 0.497 e. The molecule has 0 heterocycles. The maximum Gasteiger partial charge on any atom is 0.118 e. The van der Waals surface area contributed by atoms with E-state index in [1.54, 1.807) is 27.2 Å². The van der Waals surface area contributed by atoms with Gasteiger partial charge in [-0.3, -0.25) is 0 Å². The zero-order valence-corrected chi connectivity index (χ0v) is 16.1. The van der Waals surface area contributed by atoms with Gasteiger partial charge in [-0.2, -0.15) is 0 Å². The molecule has 3 atom stereocenters. The summed E-state index contributed by atoms with van der Waals surface area (Å²) in [4.78, 5) is 0. The summed E-state index contributed by atoms with van der Waals surface area (Å²) in [6, 6.07) is 15.3. The van der Waals surface area contributed by atoms with Crippen LogP contribution in [0.5, 0.6) is 11.5 Å². The molecule has 2 aromatic rings. The average molecular weight is 372 g/mol. The monoisotopic (exact) mass is 372 g/mol. The molecule has 27 heavy (non-hydrogen) atoms. The van der Waals surface area contributed by atoms with Crippen LogP contribution in [0.3, 0.4) is 0 Å². The predicted octanol–water partition coefficient (Wildman–Crippen LogP) is 3.74. The Balaban J connectivity index is 1.95. The number of methoxy groups -OCH3 is 2. The van der Waals surface area contributed by atoms with Gasteiger partial charge in [0.2, 0.25) is 0 Å². The molecule has 146 valence electrons. The summed E-state index contributed by atoms with van der Waals surface area (Å²) >= 11 is 0. The Bertz CT molecular complexity index is 679. The zero-order valence-electron chi connectivity index (χ0n) is 16.1. The molecule has 0 saturated carbocycles. The van der Waals surface area contributed by atoms with Crippen LogP contribution in [0.2, 0.25) is 0 Å². The van der Waals surface area contributed by atoms with Crippen molar-refractivity contribution in [1.82, 2.24) is 0 Å². The predicted molar refractivity (Wildman–Crippen MR) is 105 cm³/mol. The summed E-state index contributed by atoms with van der Waals surface area (Å²) in [6.07, 6.45) is -0.00937. The first kappa shape index (κ1) is 21.0. The summed E-state index contributed by atoms with van der Waals surface area (Å²) in [5.74, 6) is 1.58. The Hall–Kier alpha value is -2.34. The minimum Gasteiger partial charge on any atom is -0.497 e. The molecule has 0 fully saturated rings. The number of hydrogen-bond donors (Lipinski definition) is 1. The molecule has 0 bridgehead atoms. The van der Waals surface area contributed by atoms with E-state index in [1.807, 2.05) is 48.5 Å². The summed E-state index contributed by atoms with van der Waals surface area (Å²) in [6.45, 7) is 6.26. The fourth-order valence-corrected chi connectivity index (χ4v) is 2.63. The van der Waals surface area contributed by atoms with Crippen molar-refractivity contribution in [2.45, 2.75) is 38.4 Å². The van der Waals surface area contributed by atoms with E-state index in [1.165, 1.54) is 0 Å². The van der Waals surface area contributed by atoms with E-state index in [4.69, 9.17) is 18.9 Å².